The molecule has 0 aliphatic heterocycles. The van der Waals surface area contributed by atoms with Gasteiger partial charge in [-0.2, -0.15) is 4.68 Å². The summed E-state index contributed by atoms with van der Waals surface area (Å²) in [6.45, 7) is 5.17. The Balaban J connectivity index is 1.50. The minimum atomic E-state index is -3.79. The number of aryl methyl sites for hydroxylation is 3. The first kappa shape index (κ1) is 23.1. The molecule has 1 heterocycles. The lowest BCUT2D eigenvalue weighted by Crippen LogP contribution is -2.15. The number of halogens is 1. The number of nitrogens with one attached hydrogen (secondary N) is 2. The quantitative estimate of drug-likeness (QED) is 0.434. The van der Waals surface area contributed by atoms with Gasteiger partial charge in [-0.1, -0.05) is 12.1 Å². The predicted octanol–water partition coefficient (Wildman–Crippen LogP) is 3.78. The van der Waals surface area contributed by atoms with E-state index in [0.29, 0.717) is 28.3 Å². The Morgan fingerprint density at radius 3 is 2.32 bits per heavy atom. The first-order valence-corrected chi connectivity index (χ1v) is 11.7. The Bertz CT molecular complexity index is 1480. The molecule has 4 rings (SSSR count). The normalized spacial score (nSPS) is 11.3. The summed E-state index contributed by atoms with van der Waals surface area (Å²) in [6, 6.07) is 15.2. The Morgan fingerprint density at radius 1 is 0.941 bits per heavy atom. The van der Waals surface area contributed by atoms with Crippen LogP contribution in [0.2, 0.25) is 0 Å². The van der Waals surface area contributed by atoms with E-state index in [2.05, 4.69) is 25.6 Å². The molecule has 9 nitrogen and oxygen atoms in total. The third-order valence-corrected chi connectivity index (χ3v) is 6.61. The monoisotopic (exact) mass is 480 g/mol. The van der Waals surface area contributed by atoms with Crippen LogP contribution in [-0.4, -0.2) is 34.5 Å². The molecular formula is C23H21FN6O3S. The highest BCUT2D eigenvalue weighted by Crippen LogP contribution is 2.22. The van der Waals surface area contributed by atoms with Crippen LogP contribution in [0.3, 0.4) is 0 Å². The van der Waals surface area contributed by atoms with Crippen molar-refractivity contribution in [3.05, 3.63) is 89.0 Å². The molecule has 0 unspecified atom stereocenters. The standard InChI is InChI=1S/C23H21FN6O3S/c1-14-4-5-15(2)22(12-14)34(32,33)27-18-8-6-17(7-9-18)23(31)25-19-10-11-20(24)21(13-19)30-16(3)26-28-29-30/h4-13,27H,1-3H3,(H,25,31). The lowest BCUT2D eigenvalue weighted by molar-refractivity contribution is 0.102. The molecule has 0 saturated heterocycles. The molecule has 34 heavy (non-hydrogen) atoms. The predicted molar refractivity (Wildman–Crippen MR) is 125 cm³/mol. The van der Waals surface area contributed by atoms with Gasteiger partial charge in [0.1, 0.15) is 11.5 Å². The minimum Gasteiger partial charge on any atom is -0.322 e. The number of carbonyl (C=O) groups excluding carboxylic acids is 1. The molecule has 0 bridgehead atoms. The zero-order valence-electron chi connectivity index (χ0n) is 18.6. The van der Waals surface area contributed by atoms with E-state index in [-0.39, 0.29) is 10.6 Å². The summed E-state index contributed by atoms with van der Waals surface area (Å²) in [5.41, 5.74) is 2.50. The van der Waals surface area contributed by atoms with Gasteiger partial charge in [0.25, 0.3) is 15.9 Å². The van der Waals surface area contributed by atoms with Gasteiger partial charge in [-0.3, -0.25) is 9.52 Å². The molecule has 0 aliphatic rings. The molecule has 0 spiro atoms. The summed E-state index contributed by atoms with van der Waals surface area (Å²) in [6.07, 6.45) is 0. The molecule has 3 aromatic carbocycles. The second kappa shape index (κ2) is 9.02. The van der Waals surface area contributed by atoms with Gasteiger partial charge in [0.2, 0.25) is 0 Å². The molecule has 0 saturated carbocycles. The number of amides is 1. The summed E-state index contributed by atoms with van der Waals surface area (Å²) in [4.78, 5) is 12.9. The third-order valence-electron chi connectivity index (χ3n) is 5.09. The average molecular weight is 481 g/mol. The fourth-order valence-corrected chi connectivity index (χ4v) is 4.70. The lowest BCUT2D eigenvalue weighted by atomic mass is 10.2. The van der Waals surface area contributed by atoms with Gasteiger partial charge in [-0.15, -0.1) is 5.10 Å². The molecule has 1 aromatic heterocycles. The van der Waals surface area contributed by atoms with Crippen LogP contribution in [-0.2, 0) is 10.0 Å². The van der Waals surface area contributed by atoms with E-state index in [0.717, 1.165) is 5.56 Å². The van der Waals surface area contributed by atoms with Crippen molar-refractivity contribution < 1.29 is 17.6 Å². The van der Waals surface area contributed by atoms with E-state index in [9.17, 15) is 17.6 Å². The number of rotatable bonds is 6. The van der Waals surface area contributed by atoms with Crippen LogP contribution in [0, 0.1) is 26.6 Å². The Kier molecular flexibility index (Phi) is 6.12. The molecule has 1 amide bonds. The van der Waals surface area contributed by atoms with E-state index in [1.807, 2.05) is 13.0 Å². The first-order chi connectivity index (χ1) is 16.1. The summed E-state index contributed by atoms with van der Waals surface area (Å²) in [5, 5.41) is 13.7. The fourth-order valence-electron chi connectivity index (χ4n) is 3.31. The molecule has 0 atom stereocenters. The average Bonchev–Trinajstić information content (AvgIpc) is 3.22. The van der Waals surface area contributed by atoms with E-state index < -0.39 is 21.7 Å². The minimum absolute atomic E-state index is 0.0940. The fraction of sp³-hybridized carbons (Fsp3) is 0.130. The van der Waals surface area contributed by atoms with Crippen LogP contribution in [0.15, 0.2) is 65.6 Å². The van der Waals surface area contributed by atoms with Gasteiger partial charge >= 0.3 is 0 Å². The molecule has 174 valence electrons. The summed E-state index contributed by atoms with van der Waals surface area (Å²) in [5.74, 6) is -0.606. The zero-order chi connectivity index (χ0) is 24.5. The summed E-state index contributed by atoms with van der Waals surface area (Å²) in [7, 11) is -3.79. The number of aromatic nitrogens is 4. The maximum Gasteiger partial charge on any atom is 0.262 e. The van der Waals surface area contributed by atoms with Crippen molar-refractivity contribution in [2.45, 2.75) is 25.7 Å². The van der Waals surface area contributed by atoms with Crippen LogP contribution >= 0.6 is 0 Å². The highest BCUT2D eigenvalue weighted by molar-refractivity contribution is 7.92. The molecule has 4 aromatic rings. The van der Waals surface area contributed by atoms with Gasteiger partial charge in [0.15, 0.2) is 5.82 Å². The SMILES string of the molecule is Cc1ccc(C)c(S(=O)(=O)Nc2ccc(C(=O)Nc3ccc(F)c(-n4nnnc4C)c3)cc2)c1. The summed E-state index contributed by atoms with van der Waals surface area (Å²) >= 11 is 0. The third kappa shape index (κ3) is 4.79. The molecule has 0 radical (unpaired) electrons. The number of anilines is 2. The van der Waals surface area contributed by atoms with E-state index >= 15 is 0 Å². The van der Waals surface area contributed by atoms with Gasteiger partial charge in [0, 0.05) is 16.9 Å². The number of nitrogens with zero attached hydrogens (tertiary/aromatic N) is 4. The van der Waals surface area contributed by atoms with E-state index in [1.165, 1.54) is 47.1 Å². The lowest BCUT2D eigenvalue weighted by Gasteiger charge is -2.12. The highest BCUT2D eigenvalue weighted by Gasteiger charge is 2.18. The molecule has 0 fully saturated rings. The topological polar surface area (TPSA) is 119 Å². The van der Waals surface area contributed by atoms with Crippen molar-refractivity contribution in [3.8, 4) is 5.69 Å². The Labute approximate surface area is 195 Å². The molecule has 11 heteroatoms. The largest absolute Gasteiger partial charge is 0.322 e. The van der Waals surface area contributed by atoms with Crippen LogP contribution in [0.4, 0.5) is 15.8 Å². The number of sulfonamides is 1. The summed E-state index contributed by atoms with van der Waals surface area (Å²) < 4.78 is 43.5. The number of hydrogen-bond donors (Lipinski definition) is 2. The zero-order valence-corrected chi connectivity index (χ0v) is 19.4. The highest BCUT2D eigenvalue weighted by atomic mass is 32.2. The number of benzene rings is 3. The van der Waals surface area contributed by atoms with Gasteiger partial charge in [0.05, 0.1) is 4.90 Å². The van der Waals surface area contributed by atoms with Crippen molar-refractivity contribution in [3.63, 3.8) is 0 Å². The second-order valence-electron chi connectivity index (χ2n) is 7.71. The first-order valence-electron chi connectivity index (χ1n) is 10.2. The molecular weight excluding hydrogens is 459 g/mol. The maximum atomic E-state index is 14.2. The maximum absolute atomic E-state index is 14.2. The van der Waals surface area contributed by atoms with Crippen LogP contribution < -0.4 is 10.0 Å². The van der Waals surface area contributed by atoms with Crippen molar-refractivity contribution >= 4 is 27.3 Å². The van der Waals surface area contributed by atoms with Gasteiger partial charge < -0.3 is 5.32 Å². The van der Waals surface area contributed by atoms with Crippen LogP contribution in [0.25, 0.3) is 5.69 Å². The van der Waals surface area contributed by atoms with Crippen molar-refractivity contribution in [1.29, 1.82) is 0 Å². The van der Waals surface area contributed by atoms with Crippen molar-refractivity contribution in [1.82, 2.24) is 20.2 Å². The van der Waals surface area contributed by atoms with E-state index in [1.54, 1.807) is 26.0 Å². The Hall–Kier alpha value is -4.12. The van der Waals surface area contributed by atoms with Crippen LogP contribution in [0.5, 0.6) is 0 Å². The number of hydrogen-bond acceptors (Lipinski definition) is 6. The van der Waals surface area contributed by atoms with Crippen molar-refractivity contribution in [2.75, 3.05) is 10.0 Å². The Morgan fingerprint density at radius 2 is 1.65 bits per heavy atom. The smallest absolute Gasteiger partial charge is 0.262 e. The number of tetrazole rings is 1. The van der Waals surface area contributed by atoms with Crippen LogP contribution in [0.1, 0.15) is 27.3 Å². The number of carbonyl (C=O) groups is 1. The second-order valence-corrected chi connectivity index (χ2v) is 9.36. The van der Waals surface area contributed by atoms with Gasteiger partial charge in [-0.25, -0.2) is 12.8 Å². The van der Waals surface area contributed by atoms with E-state index in [4.69, 9.17) is 0 Å². The molecule has 0 aliphatic carbocycles. The van der Waals surface area contributed by atoms with Gasteiger partial charge in [-0.05, 0) is 90.9 Å². The van der Waals surface area contributed by atoms with Crippen molar-refractivity contribution in [2.24, 2.45) is 0 Å². The molecule has 2 N–H and O–H groups in total.